The van der Waals surface area contributed by atoms with Crippen molar-refractivity contribution in [3.8, 4) is 0 Å². The number of rotatable bonds is 3. The first-order valence-electron chi connectivity index (χ1n) is 7.85. The predicted molar refractivity (Wildman–Crippen MR) is 89.6 cm³/mol. The van der Waals surface area contributed by atoms with Gasteiger partial charge in [0.1, 0.15) is 0 Å². The van der Waals surface area contributed by atoms with Crippen molar-refractivity contribution >= 4 is 11.6 Å². The number of carbonyl (C=O) groups excluding carboxylic acids is 1. The second-order valence-electron chi connectivity index (χ2n) is 6.07. The molecular weight excluding hydrogens is 272 g/mol. The van der Waals surface area contributed by atoms with Gasteiger partial charge in [-0.05, 0) is 60.6 Å². The second kappa shape index (κ2) is 6.22. The van der Waals surface area contributed by atoms with Crippen molar-refractivity contribution < 1.29 is 4.79 Å². The lowest BCUT2D eigenvalue weighted by Gasteiger charge is -2.26. The summed E-state index contributed by atoms with van der Waals surface area (Å²) < 4.78 is 0. The van der Waals surface area contributed by atoms with Crippen molar-refractivity contribution in [2.24, 2.45) is 0 Å². The normalized spacial score (nSPS) is 16.9. The number of anilines is 1. The van der Waals surface area contributed by atoms with Crippen LogP contribution in [-0.2, 0) is 17.6 Å². The lowest BCUT2D eigenvalue weighted by atomic mass is 9.87. The predicted octanol–water partition coefficient (Wildman–Crippen LogP) is 3.31. The molecule has 0 aromatic heterocycles. The lowest BCUT2D eigenvalue weighted by Crippen LogP contribution is -2.32. The van der Waals surface area contributed by atoms with Gasteiger partial charge in [-0.2, -0.15) is 0 Å². The molecule has 1 amide bonds. The number of nitrogens with two attached hydrogens (primary N) is 1. The maximum absolute atomic E-state index is 12.4. The fourth-order valence-electron chi connectivity index (χ4n) is 3.21. The molecule has 22 heavy (non-hydrogen) atoms. The molecule has 1 aliphatic carbocycles. The Hall–Kier alpha value is -2.29. The van der Waals surface area contributed by atoms with Crippen LogP contribution in [-0.4, -0.2) is 5.91 Å². The molecule has 0 aliphatic heterocycles. The van der Waals surface area contributed by atoms with E-state index in [1.807, 2.05) is 43.3 Å². The van der Waals surface area contributed by atoms with Gasteiger partial charge in [-0.3, -0.25) is 4.79 Å². The Morgan fingerprint density at radius 3 is 2.91 bits per heavy atom. The third kappa shape index (κ3) is 3.14. The average Bonchev–Trinajstić information content (AvgIpc) is 2.49. The SMILES string of the molecule is Cc1ccccc1CC(=O)NC1CCCc2cc(N)ccc21. The third-order valence-electron chi connectivity index (χ3n) is 4.43. The second-order valence-corrected chi connectivity index (χ2v) is 6.07. The van der Waals surface area contributed by atoms with E-state index in [-0.39, 0.29) is 11.9 Å². The summed E-state index contributed by atoms with van der Waals surface area (Å²) in [6.45, 7) is 2.04. The zero-order valence-electron chi connectivity index (χ0n) is 12.9. The van der Waals surface area contributed by atoms with Gasteiger partial charge in [-0.1, -0.05) is 30.3 Å². The number of hydrogen-bond donors (Lipinski definition) is 2. The minimum atomic E-state index is 0.0870. The summed E-state index contributed by atoms with van der Waals surface area (Å²) in [7, 11) is 0. The number of nitrogens with one attached hydrogen (secondary N) is 1. The van der Waals surface area contributed by atoms with Gasteiger partial charge in [0.2, 0.25) is 5.91 Å². The third-order valence-corrected chi connectivity index (χ3v) is 4.43. The Labute approximate surface area is 131 Å². The first-order valence-corrected chi connectivity index (χ1v) is 7.85. The van der Waals surface area contributed by atoms with Crippen LogP contribution in [0.25, 0.3) is 0 Å². The minimum Gasteiger partial charge on any atom is -0.399 e. The van der Waals surface area contributed by atoms with E-state index in [0.717, 1.165) is 36.1 Å². The van der Waals surface area contributed by atoms with Crippen LogP contribution in [0.3, 0.4) is 0 Å². The molecule has 0 saturated carbocycles. The van der Waals surface area contributed by atoms with E-state index in [4.69, 9.17) is 5.73 Å². The number of amides is 1. The van der Waals surface area contributed by atoms with E-state index in [0.29, 0.717) is 6.42 Å². The first kappa shape index (κ1) is 14.6. The number of aryl methyl sites for hydroxylation is 2. The molecule has 0 bridgehead atoms. The number of nitrogen functional groups attached to an aromatic ring is 1. The van der Waals surface area contributed by atoms with Crippen LogP contribution in [0.1, 0.15) is 41.1 Å². The molecule has 2 aromatic carbocycles. The van der Waals surface area contributed by atoms with Crippen LogP contribution in [0.4, 0.5) is 5.69 Å². The summed E-state index contributed by atoms with van der Waals surface area (Å²) in [5.74, 6) is 0.0870. The van der Waals surface area contributed by atoms with E-state index < -0.39 is 0 Å². The van der Waals surface area contributed by atoms with Crippen molar-refractivity contribution in [2.75, 3.05) is 5.73 Å². The first-order chi connectivity index (χ1) is 10.6. The Bertz CT molecular complexity index is 694. The van der Waals surface area contributed by atoms with Crippen LogP contribution in [0.15, 0.2) is 42.5 Å². The highest BCUT2D eigenvalue weighted by atomic mass is 16.1. The summed E-state index contributed by atoms with van der Waals surface area (Å²) in [5.41, 5.74) is 11.4. The van der Waals surface area contributed by atoms with E-state index in [1.54, 1.807) is 0 Å². The van der Waals surface area contributed by atoms with Crippen molar-refractivity contribution in [3.05, 3.63) is 64.7 Å². The average molecular weight is 294 g/mol. The van der Waals surface area contributed by atoms with Crippen LogP contribution in [0.5, 0.6) is 0 Å². The monoisotopic (exact) mass is 294 g/mol. The van der Waals surface area contributed by atoms with Gasteiger partial charge >= 0.3 is 0 Å². The van der Waals surface area contributed by atoms with Gasteiger partial charge < -0.3 is 11.1 Å². The van der Waals surface area contributed by atoms with Gasteiger partial charge in [0.05, 0.1) is 12.5 Å². The molecule has 0 fully saturated rings. The van der Waals surface area contributed by atoms with E-state index >= 15 is 0 Å². The van der Waals surface area contributed by atoms with Crippen LogP contribution in [0.2, 0.25) is 0 Å². The molecule has 3 heteroatoms. The summed E-state index contributed by atoms with van der Waals surface area (Å²) in [6.07, 6.45) is 3.57. The van der Waals surface area contributed by atoms with Gasteiger partial charge in [-0.25, -0.2) is 0 Å². The topological polar surface area (TPSA) is 55.1 Å². The van der Waals surface area contributed by atoms with Crippen molar-refractivity contribution in [1.82, 2.24) is 5.32 Å². The minimum absolute atomic E-state index is 0.0870. The van der Waals surface area contributed by atoms with Gasteiger partial charge in [0.15, 0.2) is 0 Å². The molecule has 1 unspecified atom stereocenters. The molecule has 3 nitrogen and oxygen atoms in total. The molecule has 0 heterocycles. The molecule has 1 atom stereocenters. The smallest absolute Gasteiger partial charge is 0.224 e. The fraction of sp³-hybridized carbons (Fsp3) is 0.316. The molecule has 3 N–H and O–H groups in total. The number of fused-ring (bicyclic) bond motifs is 1. The van der Waals surface area contributed by atoms with Gasteiger partial charge in [-0.15, -0.1) is 0 Å². The van der Waals surface area contributed by atoms with Crippen molar-refractivity contribution in [3.63, 3.8) is 0 Å². The van der Waals surface area contributed by atoms with E-state index in [9.17, 15) is 4.79 Å². The summed E-state index contributed by atoms with van der Waals surface area (Å²) in [4.78, 5) is 12.4. The summed E-state index contributed by atoms with van der Waals surface area (Å²) in [5, 5.41) is 3.19. The molecule has 114 valence electrons. The Balaban J connectivity index is 1.72. The number of carbonyl (C=O) groups is 1. The van der Waals surface area contributed by atoms with E-state index in [2.05, 4.69) is 11.4 Å². The molecule has 0 saturated heterocycles. The zero-order chi connectivity index (χ0) is 15.5. The zero-order valence-corrected chi connectivity index (χ0v) is 12.9. The molecule has 1 aliphatic rings. The van der Waals surface area contributed by atoms with Crippen LogP contribution >= 0.6 is 0 Å². The summed E-state index contributed by atoms with van der Waals surface area (Å²) in [6, 6.07) is 14.2. The number of hydrogen-bond acceptors (Lipinski definition) is 2. The maximum Gasteiger partial charge on any atom is 0.224 e. The standard InChI is InChI=1S/C19H22N2O/c1-13-5-2-3-6-14(13)12-19(22)21-18-8-4-7-15-11-16(20)9-10-17(15)18/h2-3,5-6,9-11,18H,4,7-8,12,20H2,1H3,(H,21,22). The quantitative estimate of drug-likeness (QED) is 0.853. The van der Waals surface area contributed by atoms with Crippen LogP contribution in [0, 0.1) is 6.92 Å². The molecule has 2 aromatic rings. The Morgan fingerprint density at radius 2 is 2.09 bits per heavy atom. The fourth-order valence-corrected chi connectivity index (χ4v) is 3.21. The summed E-state index contributed by atoms with van der Waals surface area (Å²) >= 11 is 0. The number of benzene rings is 2. The highest BCUT2D eigenvalue weighted by Gasteiger charge is 2.22. The molecule has 3 rings (SSSR count). The van der Waals surface area contributed by atoms with Crippen molar-refractivity contribution in [2.45, 2.75) is 38.6 Å². The Kier molecular flexibility index (Phi) is 4.14. The molecule has 0 spiro atoms. The molecular formula is C19H22N2O. The van der Waals surface area contributed by atoms with E-state index in [1.165, 1.54) is 11.1 Å². The van der Waals surface area contributed by atoms with Gasteiger partial charge in [0.25, 0.3) is 0 Å². The molecule has 0 radical (unpaired) electrons. The van der Waals surface area contributed by atoms with Crippen molar-refractivity contribution in [1.29, 1.82) is 0 Å². The maximum atomic E-state index is 12.4. The highest BCUT2D eigenvalue weighted by molar-refractivity contribution is 5.79. The highest BCUT2D eigenvalue weighted by Crippen LogP contribution is 2.31. The van der Waals surface area contributed by atoms with Crippen LogP contribution < -0.4 is 11.1 Å². The lowest BCUT2D eigenvalue weighted by molar-refractivity contribution is -0.121. The van der Waals surface area contributed by atoms with Gasteiger partial charge in [0, 0.05) is 5.69 Å². The largest absolute Gasteiger partial charge is 0.399 e. The Morgan fingerprint density at radius 1 is 1.27 bits per heavy atom.